The molecule has 2 heterocycles. The first kappa shape index (κ1) is 18.8. The number of rotatable bonds is 5. The molecular weight excluding hydrogens is 346 g/mol. The Hall–Kier alpha value is -2.56. The van der Waals surface area contributed by atoms with Crippen molar-refractivity contribution in [2.75, 3.05) is 6.61 Å². The predicted molar refractivity (Wildman–Crippen MR) is 77.1 cm³/mol. The maximum Gasteiger partial charge on any atom is 0.330 e. The molecule has 0 aromatic carbocycles. The summed E-state index contributed by atoms with van der Waals surface area (Å²) < 4.78 is 43.1. The molecule has 1 aliphatic heterocycles. The Balaban J connectivity index is 2.35. The van der Waals surface area contributed by atoms with E-state index in [0.29, 0.717) is 4.57 Å². The van der Waals surface area contributed by atoms with E-state index in [9.17, 15) is 28.0 Å². The quantitative estimate of drug-likeness (QED) is 0.717. The van der Waals surface area contributed by atoms with Crippen molar-refractivity contribution >= 4 is 11.9 Å². The number of ether oxygens (including phenoxy) is 3. The topological polar surface area (TPSA) is 117 Å². The maximum absolute atomic E-state index is 14.7. The molecule has 9 nitrogen and oxygen atoms in total. The molecule has 1 aliphatic rings. The molecule has 0 bridgehead atoms. The van der Waals surface area contributed by atoms with Gasteiger partial charge in [-0.1, -0.05) is 0 Å². The standard InChI is InChI=1S/C14H16F2N2O7/c1-6(19)23-5-9-11(24-7(2)20)10(16)13(25-9)18-4-8(3-15)12(21)17-14(18)22/h4,9-11,13H,3,5H2,1-2H3,(H,17,21,22)/t9-,10?,11?,13-/m0/s1. The number of esters is 2. The fourth-order valence-corrected chi connectivity index (χ4v) is 2.40. The van der Waals surface area contributed by atoms with Crippen LogP contribution in [-0.4, -0.2) is 46.5 Å². The van der Waals surface area contributed by atoms with Gasteiger partial charge in [-0.3, -0.25) is 23.9 Å². The summed E-state index contributed by atoms with van der Waals surface area (Å²) in [5.41, 5.74) is -2.36. The average Bonchev–Trinajstić information content (AvgIpc) is 2.82. The molecule has 4 atom stereocenters. The van der Waals surface area contributed by atoms with Crippen LogP contribution in [0.1, 0.15) is 25.6 Å². The Morgan fingerprint density at radius 2 is 2.00 bits per heavy atom. The second kappa shape index (κ2) is 7.55. The van der Waals surface area contributed by atoms with Gasteiger partial charge in [0.05, 0.1) is 5.56 Å². The molecule has 2 unspecified atom stereocenters. The van der Waals surface area contributed by atoms with Gasteiger partial charge >= 0.3 is 17.6 Å². The molecule has 1 saturated heterocycles. The van der Waals surface area contributed by atoms with E-state index in [1.54, 1.807) is 0 Å². The lowest BCUT2D eigenvalue weighted by atomic mass is 10.1. The van der Waals surface area contributed by atoms with Crippen LogP contribution in [0.4, 0.5) is 8.78 Å². The summed E-state index contributed by atoms with van der Waals surface area (Å²) in [5, 5.41) is 0. The van der Waals surface area contributed by atoms with Crippen LogP contribution in [0.25, 0.3) is 0 Å². The van der Waals surface area contributed by atoms with Crippen molar-refractivity contribution < 1.29 is 32.6 Å². The Kier molecular flexibility index (Phi) is 5.67. The molecule has 25 heavy (non-hydrogen) atoms. The van der Waals surface area contributed by atoms with Crippen molar-refractivity contribution in [1.82, 2.24) is 9.55 Å². The second-order valence-corrected chi connectivity index (χ2v) is 5.34. The average molecular weight is 362 g/mol. The van der Waals surface area contributed by atoms with Crippen molar-refractivity contribution in [3.05, 3.63) is 32.6 Å². The van der Waals surface area contributed by atoms with Crippen LogP contribution in [0.2, 0.25) is 0 Å². The van der Waals surface area contributed by atoms with Gasteiger partial charge in [0.2, 0.25) is 0 Å². The van der Waals surface area contributed by atoms with E-state index in [4.69, 9.17) is 14.2 Å². The van der Waals surface area contributed by atoms with Gasteiger partial charge in [-0.15, -0.1) is 0 Å². The summed E-state index contributed by atoms with van der Waals surface area (Å²) in [6.07, 6.45) is -5.41. The van der Waals surface area contributed by atoms with Gasteiger partial charge in [-0.25, -0.2) is 13.6 Å². The minimum Gasteiger partial charge on any atom is -0.463 e. The Bertz CT molecular complexity index is 775. The van der Waals surface area contributed by atoms with Crippen LogP contribution in [0.15, 0.2) is 15.8 Å². The number of nitrogens with one attached hydrogen (secondary N) is 1. The van der Waals surface area contributed by atoms with Crippen molar-refractivity contribution in [1.29, 1.82) is 0 Å². The fourth-order valence-electron chi connectivity index (χ4n) is 2.40. The third-order valence-corrected chi connectivity index (χ3v) is 3.48. The number of H-pyrrole nitrogens is 1. The smallest absolute Gasteiger partial charge is 0.330 e. The normalized spacial score (nSPS) is 25.6. The molecule has 0 amide bonds. The summed E-state index contributed by atoms with van der Waals surface area (Å²) in [6, 6.07) is 0. The third-order valence-electron chi connectivity index (χ3n) is 3.48. The number of hydrogen-bond acceptors (Lipinski definition) is 7. The van der Waals surface area contributed by atoms with E-state index in [1.807, 2.05) is 4.98 Å². The van der Waals surface area contributed by atoms with Crippen molar-refractivity contribution in [3.8, 4) is 0 Å². The highest BCUT2D eigenvalue weighted by Gasteiger charge is 2.49. The molecule has 0 aliphatic carbocycles. The minimum absolute atomic E-state index is 0.400. The Labute approximate surface area is 139 Å². The molecular formula is C14H16F2N2O7. The number of nitrogens with zero attached hydrogens (tertiary/aromatic N) is 1. The molecule has 1 fully saturated rings. The predicted octanol–water partition coefficient (Wildman–Crippen LogP) is -0.264. The second-order valence-electron chi connectivity index (χ2n) is 5.34. The number of aromatic amines is 1. The largest absolute Gasteiger partial charge is 0.463 e. The lowest BCUT2D eigenvalue weighted by Crippen LogP contribution is -2.38. The zero-order chi connectivity index (χ0) is 18.7. The number of carbonyl (C=O) groups excluding carboxylic acids is 2. The lowest BCUT2D eigenvalue weighted by molar-refractivity contribution is -0.156. The van der Waals surface area contributed by atoms with Gasteiger partial charge in [0, 0.05) is 20.0 Å². The van der Waals surface area contributed by atoms with Crippen LogP contribution >= 0.6 is 0 Å². The first-order valence-electron chi connectivity index (χ1n) is 7.25. The van der Waals surface area contributed by atoms with Gasteiger partial charge in [-0.05, 0) is 0 Å². The zero-order valence-electron chi connectivity index (χ0n) is 13.4. The van der Waals surface area contributed by atoms with E-state index in [-0.39, 0.29) is 0 Å². The molecule has 2 rings (SSSR count). The number of hydrogen-bond donors (Lipinski definition) is 1. The van der Waals surface area contributed by atoms with Gasteiger partial charge in [-0.2, -0.15) is 0 Å². The van der Waals surface area contributed by atoms with E-state index >= 15 is 0 Å². The van der Waals surface area contributed by atoms with Crippen LogP contribution in [0, 0.1) is 0 Å². The molecule has 138 valence electrons. The number of halogens is 2. The van der Waals surface area contributed by atoms with Crippen LogP contribution in [0.5, 0.6) is 0 Å². The highest BCUT2D eigenvalue weighted by molar-refractivity contribution is 5.66. The molecule has 0 spiro atoms. The Morgan fingerprint density at radius 1 is 1.32 bits per heavy atom. The summed E-state index contributed by atoms with van der Waals surface area (Å²) in [4.78, 5) is 47.2. The van der Waals surface area contributed by atoms with Gasteiger partial charge in [0.25, 0.3) is 5.56 Å². The van der Waals surface area contributed by atoms with E-state index in [2.05, 4.69) is 0 Å². The summed E-state index contributed by atoms with van der Waals surface area (Å²) in [6.45, 7) is 0.582. The zero-order valence-corrected chi connectivity index (χ0v) is 13.4. The monoisotopic (exact) mass is 362 g/mol. The molecule has 0 saturated carbocycles. The maximum atomic E-state index is 14.7. The van der Waals surface area contributed by atoms with E-state index in [1.165, 1.54) is 0 Å². The first-order chi connectivity index (χ1) is 11.7. The van der Waals surface area contributed by atoms with Crippen molar-refractivity contribution in [2.45, 2.75) is 45.1 Å². The van der Waals surface area contributed by atoms with Crippen molar-refractivity contribution in [3.63, 3.8) is 0 Å². The number of carbonyl (C=O) groups is 2. The molecule has 1 aromatic heterocycles. The molecule has 1 N–H and O–H groups in total. The van der Waals surface area contributed by atoms with E-state index in [0.717, 1.165) is 20.0 Å². The SMILES string of the molecule is CC(=O)OC[C@@H]1O[C@H](n2cc(CF)c(=O)[nH]c2=O)C(F)C1OC(C)=O. The number of alkyl halides is 2. The summed E-state index contributed by atoms with van der Waals surface area (Å²) >= 11 is 0. The van der Waals surface area contributed by atoms with Crippen LogP contribution < -0.4 is 11.2 Å². The van der Waals surface area contributed by atoms with Gasteiger partial charge < -0.3 is 14.2 Å². The van der Waals surface area contributed by atoms with Crippen molar-refractivity contribution in [2.24, 2.45) is 0 Å². The highest BCUT2D eigenvalue weighted by atomic mass is 19.1. The minimum atomic E-state index is -2.01. The van der Waals surface area contributed by atoms with Crippen LogP contribution in [0.3, 0.4) is 0 Å². The lowest BCUT2D eigenvalue weighted by Gasteiger charge is -2.18. The van der Waals surface area contributed by atoms with Crippen LogP contribution in [-0.2, 0) is 30.5 Å². The first-order valence-corrected chi connectivity index (χ1v) is 7.25. The molecule has 11 heteroatoms. The van der Waals surface area contributed by atoms with Gasteiger partial charge in [0.15, 0.2) is 18.5 Å². The summed E-state index contributed by atoms with van der Waals surface area (Å²) in [5.74, 6) is -1.46. The summed E-state index contributed by atoms with van der Waals surface area (Å²) in [7, 11) is 0. The molecule has 1 aromatic rings. The molecule has 0 radical (unpaired) electrons. The van der Waals surface area contributed by atoms with Gasteiger partial charge in [0.1, 0.15) is 19.4 Å². The highest BCUT2D eigenvalue weighted by Crippen LogP contribution is 2.33. The number of aromatic nitrogens is 2. The van der Waals surface area contributed by atoms with E-state index < -0.39 is 66.6 Å². The Morgan fingerprint density at radius 3 is 2.56 bits per heavy atom. The third kappa shape index (κ3) is 4.10. The fraction of sp³-hybridized carbons (Fsp3) is 0.571.